The van der Waals surface area contributed by atoms with Crippen LogP contribution in [0.1, 0.15) is 10.5 Å². The van der Waals surface area contributed by atoms with Crippen LogP contribution in [0.2, 0.25) is 0 Å². The highest BCUT2D eigenvalue weighted by atomic mass is 127. The Morgan fingerprint density at radius 3 is 3.00 bits per heavy atom. The Kier molecular flexibility index (Phi) is 2.40. The van der Waals surface area contributed by atoms with Crippen molar-refractivity contribution >= 4 is 39.8 Å². The van der Waals surface area contributed by atoms with Crippen molar-refractivity contribution in [1.29, 1.82) is 0 Å². The third kappa shape index (κ3) is 1.37. The lowest BCUT2D eigenvalue weighted by Crippen LogP contribution is -1.87. The maximum Gasteiger partial charge on any atom is 0.168 e. The Hall–Kier alpha value is -1.11. The number of fused-ring (bicyclic) bond motifs is 1. The first-order valence-electron chi connectivity index (χ1n) is 3.93. The first kappa shape index (κ1) is 9.45. The topological polar surface area (TPSA) is 55.0 Å². The van der Waals surface area contributed by atoms with Crippen LogP contribution in [0.5, 0.6) is 5.75 Å². The van der Waals surface area contributed by atoms with Gasteiger partial charge in [-0.3, -0.25) is 9.89 Å². The van der Waals surface area contributed by atoms with E-state index in [1.165, 1.54) is 0 Å². The van der Waals surface area contributed by atoms with Crippen LogP contribution in [-0.4, -0.2) is 23.6 Å². The number of ether oxygens (including phenoxy) is 1. The zero-order valence-electron chi connectivity index (χ0n) is 7.37. The van der Waals surface area contributed by atoms with Gasteiger partial charge in [0.2, 0.25) is 0 Å². The van der Waals surface area contributed by atoms with Crippen molar-refractivity contribution in [2.75, 3.05) is 7.11 Å². The number of hydrogen-bond acceptors (Lipinski definition) is 3. The summed E-state index contributed by atoms with van der Waals surface area (Å²) in [4.78, 5) is 10.7. The average Bonchev–Trinajstić information content (AvgIpc) is 2.59. The maximum absolute atomic E-state index is 10.7. The molecule has 1 heterocycles. The van der Waals surface area contributed by atoms with Crippen LogP contribution in [0, 0.1) is 3.57 Å². The standard InChI is InChI=1S/C9H7IN2O2/c1-14-8-3-5(10)2-6-9(8)7(4-13)12-11-6/h2-4H,1H3,(H,11,12). The van der Waals surface area contributed by atoms with Crippen LogP contribution in [-0.2, 0) is 0 Å². The van der Waals surface area contributed by atoms with Crippen LogP contribution in [0.4, 0.5) is 0 Å². The van der Waals surface area contributed by atoms with Crippen molar-refractivity contribution in [2.45, 2.75) is 0 Å². The molecule has 0 fully saturated rings. The van der Waals surface area contributed by atoms with Crippen LogP contribution in [0.25, 0.3) is 10.9 Å². The van der Waals surface area contributed by atoms with Crippen molar-refractivity contribution < 1.29 is 9.53 Å². The lowest BCUT2D eigenvalue weighted by atomic mass is 10.2. The number of methoxy groups -OCH3 is 1. The number of nitrogens with one attached hydrogen (secondary N) is 1. The fraction of sp³-hybridized carbons (Fsp3) is 0.111. The highest BCUT2D eigenvalue weighted by Crippen LogP contribution is 2.28. The van der Waals surface area contributed by atoms with Gasteiger partial charge in [-0.25, -0.2) is 0 Å². The van der Waals surface area contributed by atoms with Gasteiger partial charge in [-0.2, -0.15) is 5.10 Å². The van der Waals surface area contributed by atoms with Crippen molar-refractivity contribution in [3.05, 3.63) is 21.4 Å². The molecule has 1 N–H and O–H groups in total. The zero-order valence-corrected chi connectivity index (χ0v) is 9.53. The molecule has 0 saturated carbocycles. The van der Waals surface area contributed by atoms with Gasteiger partial charge in [0.1, 0.15) is 11.4 Å². The van der Waals surface area contributed by atoms with E-state index in [0.29, 0.717) is 11.4 Å². The number of carbonyl (C=O) groups is 1. The number of nitrogens with zero attached hydrogens (tertiary/aromatic N) is 1. The van der Waals surface area contributed by atoms with Gasteiger partial charge in [-0.15, -0.1) is 0 Å². The second-order valence-electron chi connectivity index (χ2n) is 2.76. The molecular formula is C9H7IN2O2. The van der Waals surface area contributed by atoms with Gasteiger partial charge in [0.25, 0.3) is 0 Å². The first-order chi connectivity index (χ1) is 6.76. The summed E-state index contributed by atoms with van der Waals surface area (Å²) in [5, 5.41) is 7.42. The van der Waals surface area contributed by atoms with Gasteiger partial charge in [0, 0.05) is 3.57 Å². The minimum atomic E-state index is 0.452. The largest absolute Gasteiger partial charge is 0.496 e. The summed E-state index contributed by atoms with van der Waals surface area (Å²) < 4.78 is 6.21. The molecule has 5 heteroatoms. The second kappa shape index (κ2) is 3.56. The molecule has 0 saturated heterocycles. The molecule has 0 atom stereocenters. The second-order valence-corrected chi connectivity index (χ2v) is 4.00. The molecule has 0 aliphatic carbocycles. The number of aldehydes is 1. The molecule has 0 aliphatic heterocycles. The number of halogens is 1. The first-order valence-corrected chi connectivity index (χ1v) is 5.01. The number of H-pyrrole nitrogens is 1. The number of benzene rings is 1. The highest BCUT2D eigenvalue weighted by Gasteiger charge is 2.10. The molecule has 4 nitrogen and oxygen atoms in total. The Labute approximate surface area is 93.8 Å². The average molecular weight is 302 g/mol. The van der Waals surface area contributed by atoms with Crippen molar-refractivity contribution in [1.82, 2.24) is 10.2 Å². The Bertz CT molecular complexity index is 493. The Balaban J connectivity index is 2.85. The summed E-state index contributed by atoms with van der Waals surface area (Å²) in [6.07, 6.45) is 0.741. The molecule has 0 radical (unpaired) electrons. The fourth-order valence-corrected chi connectivity index (χ4v) is 1.93. The van der Waals surface area contributed by atoms with E-state index in [4.69, 9.17) is 4.74 Å². The molecule has 72 valence electrons. The Morgan fingerprint density at radius 2 is 2.36 bits per heavy atom. The molecule has 0 aliphatic rings. The van der Waals surface area contributed by atoms with Crippen molar-refractivity contribution in [2.24, 2.45) is 0 Å². The van der Waals surface area contributed by atoms with Gasteiger partial charge in [-0.1, -0.05) is 0 Å². The molecule has 14 heavy (non-hydrogen) atoms. The quantitative estimate of drug-likeness (QED) is 0.682. The molecule has 0 spiro atoms. The molecule has 0 unspecified atom stereocenters. The minimum Gasteiger partial charge on any atom is -0.496 e. The summed E-state index contributed by atoms with van der Waals surface area (Å²) >= 11 is 2.18. The van der Waals surface area contributed by atoms with Gasteiger partial charge in [0.05, 0.1) is 18.0 Å². The summed E-state index contributed by atoms with van der Waals surface area (Å²) in [6.45, 7) is 0. The summed E-state index contributed by atoms with van der Waals surface area (Å²) in [6, 6.07) is 3.76. The number of hydrogen-bond donors (Lipinski definition) is 1. The summed E-state index contributed by atoms with van der Waals surface area (Å²) in [7, 11) is 1.58. The fourth-order valence-electron chi connectivity index (χ4n) is 1.35. The smallest absolute Gasteiger partial charge is 0.168 e. The molecule has 1 aromatic heterocycles. The number of aromatic nitrogens is 2. The molecular weight excluding hydrogens is 295 g/mol. The SMILES string of the molecule is COc1cc(I)cc2n[nH]c(C=O)c12. The van der Waals surface area contributed by atoms with Crippen LogP contribution < -0.4 is 4.74 Å². The number of rotatable bonds is 2. The molecule has 1 aromatic carbocycles. The van der Waals surface area contributed by atoms with E-state index in [9.17, 15) is 4.79 Å². The third-order valence-electron chi connectivity index (χ3n) is 1.95. The lowest BCUT2D eigenvalue weighted by molar-refractivity contribution is 0.112. The maximum atomic E-state index is 10.7. The highest BCUT2D eigenvalue weighted by molar-refractivity contribution is 14.1. The monoisotopic (exact) mass is 302 g/mol. The van der Waals surface area contributed by atoms with Gasteiger partial charge in [-0.05, 0) is 34.7 Å². The van der Waals surface area contributed by atoms with Crippen molar-refractivity contribution in [3.8, 4) is 5.75 Å². The summed E-state index contributed by atoms with van der Waals surface area (Å²) in [5.74, 6) is 0.669. The minimum absolute atomic E-state index is 0.452. The van der Waals surface area contributed by atoms with Gasteiger partial charge in [0.15, 0.2) is 6.29 Å². The third-order valence-corrected chi connectivity index (χ3v) is 2.57. The number of carbonyl (C=O) groups excluding carboxylic acids is 1. The molecule has 2 rings (SSSR count). The van der Waals surface area contributed by atoms with Crippen molar-refractivity contribution in [3.63, 3.8) is 0 Å². The lowest BCUT2D eigenvalue weighted by Gasteiger charge is -2.01. The van der Waals surface area contributed by atoms with E-state index in [1.807, 2.05) is 12.1 Å². The van der Waals surface area contributed by atoms with E-state index < -0.39 is 0 Å². The number of aromatic amines is 1. The van der Waals surface area contributed by atoms with Gasteiger partial charge < -0.3 is 4.74 Å². The van der Waals surface area contributed by atoms with Crippen LogP contribution in [0.15, 0.2) is 12.1 Å². The van der Waals surface area contributed by atoms with E-state index in [0.717, 1.165) is 20.8 Å². The molecule has 0 bridgehead atoms. The van der Waals surface area contributed by atoms with Crippen LogP contribution in [0.3, 0.4) is 0 Å². The Morgan fingerprint density at radius 1 is 1.57 bits per heavy atom. The predicted molar refractivity (Wildman–Crippen MR) is 60.8 cm³/mol. The molecule has 2 aromatic rings. The molecule has 0 amide bonds. The van der Waals surface area contributed by atoms with E-state index in [1.54, 1.807) is 7.11 Å². The van der Waals surface area contributed by atoms with E-state index in [2.05, 4.69) is 32.8 Å². The summed E-state index contributed by atoms with van der Waals surface area (Å²) in [5.41, 5.74) is 1.20. The van der Waals surface area contributed by atoms with E-state index >= 15 is 0 Å². The normalized spacial score (nSPS) is 10.4. The van der Waals surface area contributed by atoms with Gasteiger partial charge >= 0.3 is 0 Å². The predicted octanol–water partition coefficient (Wildman–Crippen LogP) is 1.99. The zero-order chi connectivity index (χ0) is 10.1. The van der Waals surface area contributed by atoms with E-state index in [-0.39, 0.29) is 0 Å². The van der Waals surface area contributed by atoms with Crippen LogP contribution >= 0.6 is 22.6 Å².